The SMILES string of the molecule is Cc1c(F)cc2c(c1-c1c(C(N)=O)ccc(OCCO)c1F)C(C)C(CN/C=C/C(=O)N1CCC(CN3CCC(c4ccc5c(N6CCC(=O)NC6=O)nn(C)c5c4)CC3)CC1)(c1c#cccc1)O2. The number of ether oxygens (including phenoxy) is 2. The number of halogens is 2. The van der Waals surface area contributed by atoms with E-state index in [0.717, 1.165) is 56.2 Å². The van der Waals surface area contributed by atoms with Gasteiger partial charge in [-0.05, 0) is 111 Å². The van der Waals surface area contributed by atoms with Crippen molar-refractivity contribution in [3.8, 4) is 22.6 Å². The minimum atomic E-state index is -1.24. The van der Waals surface area contributed by atoms with Crippen LogP contribution in [-0.2, 0) is 22.2 Å². The molecular weight excluding hydrogens is 887 g/mol. The maximum Gasteiger partial charge on any atom is 0.329 e. The van der Waals surface area contributed by atoms with Gasteiger partial charge in [0.25, 0.3) is 0 Å². The lowest BCUT2D eigenvalue weighted by molar-refractivity contribution is -0.127. The Morgan fingerprint density at radius 2 is 1.84 bits per heavy atom. The van der Waals surface area contributed by atoms with Crippen LogP contribution in [-0.4, -0.2) is 107 Å². The minimum Gasteiger partial charge on any atom is -0.488 e. The Bertz CT molecular complexity index is 2820. The molecule has 0 saturated carbocycles. The minimum absolute atomic E-state index is 0.0794. The number of nitrogens with two attached hydrogens (primary N) is 1. The number of hydrogen-bond donors (Lipinski definition) is 4. The van der Waals surface area contributed by atoms with E-state index >= 15 is 8.78 Å². The van der Waals surface area contributed by atoms with Crippen LogP contribution in [0.2, 0.25) is 0 Å². The van der Waals surface area contributed by atoms with E-state index in [0.29, 0.717) is 48.4 Å². The first-order valence-corrected chi connectivity index (χ1v) is 23.5. The van der Waals surface area contributed by atoms with Gasteiger partial charge in [-0.2, -0.15) is 5.10 Å². The van der Waals surface area contributed by atoms with Gasteiger partial charge in [0, 0.05) is 86.0 Å². The van der Waals surface area contributed by atoms with Gasteiger partial charge in [-0.3, -0.25) is 29.3 Å². The summed E-state index contributed by atoms with van der Waals surface area (Å²) in [5.41, 5.74) is 7.55. The van der Waals surface area contributed by atoms with Crippen LogP contribution in [0.4, 0.5) is 19.4 Å². The summed E-state index contributed by atoms with van der Waals surface area (Å²) >= 11 is 0. The molecule has 5 amide bonds. The Labute approximate surface area is 399 Å². The second kappa shape index (κ2) is 19.5. The average Bonchev–Trinajstić information content (AvgIpc) is 3.82. The molecule has 9 rings (SSSR count). The fourth-order valence-corrected chi connectivity index (χ4v) is 10.6. The summed E-state index contributed by atoms with van der Waals surface area (Å²) in [6, 6.07) is 21.2. The number of primary amides is 1. The van der Waals surface area contributed by atoms with Crippen LogP contribution in [0.1, 0.15) is 83.5 Å². The summed E-state index contributed by atoms with van der Waals surface area (Å²) < 4.78 is 46.2. The number of carbonyl (C=O) groups excluding carboxylic acids is 4. The summed E-state index contributed by atoms with van der Waals surface area (Å²) in [6.45, 7) is 7.43. The first-order chi connectivity index (χ1) is 33.3. The van der Waals surface area contributed by atoms with Gasteiger partial charge in [0.2, 0.25) is 17.7 Å². The van der Waals surface area contributed by atoms with Crippen LogP contribution >= 0.6 is 0 Å². The molecule has 0 radical (unpaired) electrons. The highest BCUT2D eigenvalue weighted by Crippen LogP contribution is 2.55. The number of likely N-dealkylation sites (tertiary alicyclic amines) is 2. The lowest BCUT2D eigenvalue weighted by Gasteiger charge is -2.37. The Balaban J connectivity index is 0.814. The first kappa shape index (κ1) is 47.1. The van der Waals surface area contributed by atoms with Crippen molar-refractivity contribution in [2.75, 3.05) is 63.9 Å². The smallest absolute Gasteiger partial charge is 0.329 e. The third kappa shape index (κ3) is 9.06. The topological polar surface area (TPSA) is 185 Å². The molecule has 69 heavy (non-hydrogen) atoms. The monoisotopic (exact) mass is 942 g/mol. The van der Waals surface area contributed by atoms with E-state index in [4.69, 9.17) is 15.2 Å². The van der Waals surface area contributed by atoms with Crippen molar-refractivity contribution in [2.24, 2.45) is 18.7 Å². The maximum absolute atomic E-state index is 16.4. The number of amides is 5. The largest absolute Gasteiger partial charge is 0.488 e. The van der Waals surface area contributed by atoms with Crippen molar-refractivity contribution in [2.45, 2.75) is 63.4 Å². The fourth-order valence-electron chi connectivity index (χ4n) is 10.6. The normalized spacial score (nSPS) is 20.2. The molecule has 4 aromatic carbocycles. The van der Waals surface area contributed by atoms with E-state index in [1.165, 1.54) is 41.7 Å². The molecule has 0 aliphatic carbocycles. The van der Waals surface area contributed by atoms with Crippen molar-refractivity contribution in [3.63, 3.8) is 0 Å². The van der Waals surface area contributed by atoms with Gasteiger partial charge in [-0.1, -0.05) is 31.2 Å². The van der Waals surface area contributed by atoms with E-state index in [1.54, 1.807) is 23.0 Å². The Hall–Kier alpha value is -7.03. The number of urea groups is 1. The number of piperidine rings is 2. The van der Waals surface area contributed by atoms with E-state index in [9.17, 15) is 24.3 Å². The number of aliphatic hydroxyl groups excluding tert-OH is 1. The molecule has 3 fully saturated rings. The zero-order valence-corrected chi connectivity index (χ0v) is 38.9. The molecule has 15 nitrogen and oxygen atoms in total. The van der Waals surface area contributed by atoms with Crippen molar-refractivity contribution in [3.05, 3.63) is 118 Å². The lowest BCUT2D eigenvalue weighted by atomic mass is 9.77. The molecule has 1 aromatic heterocycles. The van der Waals surface area contributed by atoms with Gasteiger partial charge in [-0.15, -0.1) is 0 Å². The number of nitrogens with zero attached hydrogens (tertiary/aromatic N) is 5. The molecular formula is C52H56F2N8O7. The van der Waals surface area contributed by atoms with E-state index in [1.807, 2.05) is 31.0 Å². The number of rotatable bonds is 14. The highest BCUT2D eigenvalue weighted by atomic mass is 19.1. The van der Waals surface area contributed by atoms with Gasteiger partial charge >= 0.3 is 6.03 Å². The molecule has 2 unspecified atom stereocenters. The predicted molar refractivity (Wildman–Crippen MR) is 254 cm³/mol. The average molecular weight is 943 g/mol. The number of hydrogen-bond acceptors (Lipinski definition) is 10. The van der Waals surface area contributed by atoms with Crippen LogP contribution in [0.25, 0.3) is 22.0 Å². The van der Waals surface area contributed by atoms with Crippen LogP contribution in [0, 0.1) is 36.6 Å². The van der Waals surface area contributed by atoms with Crippen molar-refractivity contribution in [1.82, 2.24) is 30.2 Å². The van der Waals surface area contributed by atoms with Crippen molar-refractivity contribution >= 4 is 40.5 Å². The van der Waals surface area contributed by atoms with Crippen LogP contribution in [0.15, 0.2) is 66.9 Å². The van der Waals surface area contributed by atoms with E-state index in [2.05, 4.69) is 44.9 Å². The molecule has 5 N–H and O–H groups in total. The number of aryl methyl sites for hydroxylation is 1. The number of fused-ring (bicyclic) bond motifs is 2. The highest BCUT2D eigenvalue weighted by Gasteiger charge is 2.50. The van der Waals surface area contributed by atoms with Crippen LogP contribution < -0.4 is 30.7 Å². The lowest BCUT2D eigenvalue weighted by Crippen LogP contribution is -2.49. The summed E-state index contributed by atoms with van der Waals surface area (Å²) in [5.74, 6) is -2.16. The number of imide groups is 1. The second-order valence-corrected chi connectivity index (χ2v) is 18.5. The molecule has 5 aromatic rings. The Morgan fingerprint density at radius 3 is 2.55 bits per heavy atom. The number of carbonyl (C=O) groups is 4. The third-order valence-corrected chi connectivity index (χ3v) is 14.4. The number of benzene rings is 3. The molecule has 360 valence electrons. The number of aromatic nitrogens is 2. The highest BCUT2D eigenvalue weighted by molar-refractivity contribution is 6.09. The fraction of sp³-hybridized carbons (Fsp3) is 0.404. The second-order valence-electron chi connectivity index (χ2n) is 18.5. The van der Waals surface area contributed by atoms with Gasteiger partial charge in [0.05, 0.1) is 24.2 Å². The summed E-state index contributed by atoms with van der Waals surface area (Å²) in [7, 11) is 1.88. The first-order valence-electron chi connectivity index (χ1n) is 23.5. The van der Waals surface area contributed by atoms with Crippen molar-refractivity contribution < 1.29 is 42.5 Å². The molecule has 0 bridgehead atoms. The molecule has 3 saturated heterocycles. The predicted octanol–water partition coefficient (Wildman–Crippen LogP) is 5.96. The number of anilines is 1. The standard InChI is InChI=1S/C52H56F2N8O7/c1-31-39(53)28-42-46(45(31)47-38(49(55)66)11-12-41(48(47)54)68-26-25-63)32(2)52(69-42,36-7-5-4-6-8-36)30-56-19-13-44(65)61-22-14-33(15-23-61)29-60-20-16-34(17-21-60)35-9-10-37-40(27-35)59(3)58-50(37)62-24-18-43(64)57-51(62)67/h4-5,7,9-13,19,27-28,32-34,56,63H,14-18,20-26,29-30H2,1-3H3,(H2,55,66)(H,57,64,67)/b19-13+. The van der Waals surface area contributed by atoms with Crippen LogP contribution in [0.3, 0.4) is 0 Å². The Morgan fingerprint density at radius 1 is 1.06 bits per heavy atom. The number of nitrogens with one attached hydrogen (secondary N) is 2. The summed E-state index contributed by atoms with van der Waals surface area (Å²) in [5, 5.41) is 20.5. The van der Waals surface area contributed by atoms with Crippen molar-refractivity contribution in [1.29, 1.82) is 0 Å². The molecule has 2 atom stereocenters. The van der Waals surface area contributed by atoms with Gasteiger partial charge in [-0.25, -0.2) is 13.6 Å². The maximum atomic E-state index is 16.4. The zero-order chi connectivity index (χ0) is 48.6. The molecule has 17 heteroatoms. The van der Waals surface area contributed by atoms with E-state index in [-0.39, 0.29) is 71.7 Å². The molecule has 0 spiro atoms. The van der Waals surface area contributed by atoms with Gasteiger partial charge in [0.15, 0.2) is 23.0 Å². The summed E-state index contributed by atoms with van der Waals surface area (Å²) in [6.07, 6.45) is 7.19. The molecule has 4 aliphatic heterocycles. The quantitative estimate of drug-likeness (QED) is 0.0970. The zero-order valence-electron chi connectivity index (χ0n) is 38.9. The van der Waals surface area contributed by atoms with Crippen LogP contribution in [0.5, 0.6) is 11.5 Å². The Kier molecular flexibility index (Phi) is 13.3. The van der Waals surface area contributed by atoms with Gasteiger partial charge < -0.3 is 35.4 Å². The molecule has 4 aliphatic rings. The number of aliphatic hydroxyl groups is 1. The van der Waals surface area contributed by atoms with Gasteiger partial charge in [0.1, 0.15) is 18.2 Å². The molecule has 5 heterocycles. The van der Waals surface area contributed by atoms with E-state index < -0.39 is 35.1 Å². The summed E-state index contributed by atoms with van der Waals surface area (Å²) in [4.78, 5) is 56.5. The third-order valence-electron chi connectivity index (χ3n) is 14.4.